The van der Waals surface area contributed by atoms with Gasteiger partial charge in [-0.25, -0.2) is 0 Å². The van der Waals surface area contributed by atoms with Crippen LogP contribution in [-0.2, 0) is 28.1 Å². The second-order valence-electron chi connectivity index (χ2n) is 8.31. The first-order chi connectivity index (χ1) is 13.9. The van der Waals surface area contributed by atoms with Gasteiger partial charge in [0.05, 0.1) is 5.92 Å². The van der Waals surface area contributed by atoms with Crippen LogP contribution in [0.25, 0.3) is 0 Å². The van der Waals surface area contributed by atoms with Crippen molar-refractivity contribution in [2.75, 3.05) is 40.3 Å². The fraction of sp³-hybridized carbons (Fsp3) is 0.667. The second kappa shape index (κ2) is 10.0. The van der Waals surface area contributed by atoms with Crippen LogP contribution < -0.4 is 5.32 Å². The highest BCUT2D eigenvalue weighted by Crippen LogP contribution is 2.21. The molecular weight excluding hydrogens is 388 g/mol. The highest BCUT2D eigenvalue weighted by Gasteiger charge is 2.33. The first-order valence-corrected chi connectivity index (χ1v) is 12.0. The number of carbonyl (C=O) groups excluding carboxylic acids is 1. The third kappa shape index (κ3) is 5.78. The maximum Gasteiger partial charge on any atom is 0.281 e. The molecule has 0 spiro atoms. The molecule has 1 N–H and O–H groups in total. The number of hydrogen-bond acceptors (Lipinski definition) is 4. The Bertz CT molecular complexity index is 791. The number of nitrogens with one attached hydrogen (secondary N) is 1. The molecule has 29 heavy (non-hydrogen) atoms. The summed E-state index contributed by atoms with van der Waals surface area (Å²) in [6.45, 7) is 4.41. The first-order valence-electron chi connectivity index (χ1n) is 10.6. The number of likely N-dealkylation sites (tertiary alicyclic amines) is 1. The Labute approximate surface area is 175 Å². The van der Waals surface area contributed by atoms with Crippen LogP contribution >= 0.6 is 0 Å². The summed E-state index contributed by atoms with van der Waals surface area (Å²) in [5.74, 6) is -0.357. The lowest BCUT2D eigenvalue weighted by Gasteiger charge is -2.32. The van der Waals surface area contributed by atoms with E-state index in [1.165, 1.54) is 47.5 Å². The van der Waals surface area contributed by atoms with E-state index in [-0.39, 0.29) is 18.4 Å². The molecule has 2 fully saturated rings. The molecule has 1 amide bonds. The molecular formula is C21H34N4O3S. The molecule has 0 radical (unpaired) electrons. The summed E-state index contributed by atoms with van der Waals surface area (Å²) in [6, 6.07) is 8.27. The average molecular weight is 423 g/mol. The summed E-state index contributed by atoms with van der Waals surface area (Å²) in [7, 11) is -0.423. The van der Waals surface area contributed by atoms with E-state index in [0.29, 0.717) is 19.5 Å². The van der Waals surface area contributed by atoms with Gasteiger partial charge in [0, 0.05) is 40.3 Å². The summed E-state index contributed by atoms with van der Waals surface area (Å²) in [4.78, 5) is 15.2. The number of piperidine rings is 2. The van der Waals surface area contributed by atoms with Crippen molar-refractivity contribution in [1.29, 1.82) is 0 Å². The molecule has 8 heteroatoms. The van der Waals surface area contributed by atoms with Crippen molar-refractivity contribution in [2.45, 2.75) is 45.2 Å². The second-order valence-corrected chi connectivity index (χ2v) is 10.5. The van der Waals surface area contributed by atoms with Gasteiger partial charge in [-0.05, 0) is 49.9 Å². The molecule has 2 aliphatic heterocycles. The molecule has 1 aromatic carbocycles. The monoisotopic (exact) mass is 422 g/mol. The van der Waals surface area contributed by atoms with Crippen LogP contribution in [0.5, 0.6) is 0 Å². The van der Waals surface area contributed by atoms with Gasteiger partial charge >= 0.3 is 0 Å². The maximum atomic E-state index is 12.8. The van der Waals surface area contributed by atoms with Gasteiger partial charge in [0.15, 0.2) is 0 Å². The van der Waals surface area contributed by atoms with E-state index in [0.717, 1.165) is 31.6 Å². The lowest BCUT2D eigenvalue weighted by molar-refractivity contribution is -0.126. The molecule has 2 saturated heterocycles. The lowest BCUT2D eigenvalue weighted by Crippen LogP contribution is -2.48. The van der Waals surface area contributed by atoms with Crippen LogP contribution in [-0.4, -0.2) is 68.1 Å². The number of carbonyl (C=O) groups is 1. The maximum absolute atomic E-state index is 12.8. The van der Waals surface area contributed by atoms with E-state index in [1.54, 1.807) is 0 Å². The van der Waals surface area contributed by atoms with Gasteiger partial charge in [0.2, 0.25) is 5.91 Å². The summed E-state index contributed by atoms with van der Waals surface area (Å²) in [6.07, 6.45) is 5.26. The molecule has 2 aliphatic rings. The van der Waals surface area contributed by atoms with Gasteiger partial charge in [0.25, 0.3) is 10.2 Å². The Morgan fingerprint density at radius 3 is 2.45 bits per heavy atom. The van der Waals surface area contributed by atoms with Crippen molar-refractivity contribution >= 4 is 16.1 Å². The van der Waals surface area contributed by atoms with Gasteiger partial charge in [-0.15, -0.1) is 0 Å². The SMILES string of the molecule is CN(C)S(=O)(=O)N1CCC[C@H](C(=O)NCc2ccccc2CN2CCCCC2)C1. The normalized spacial score (nSPS) is 22.0. The topological polar surface area (TPSA) is 73.0 Å². The standard InChI is InChI=1S/C21H34N4O3S/c1-23(2)29(27,28)25-14-8-11-20(17-25)21(26)22-15-18-9-4-5-10-19(18)16-24-12-6-3-7-13-24/h4-5,9-10,20H,3,6-8,11-17H2,1-2H3,(H,22,26)/t20-/m0/s1. The molecule has 1 aromatic rings. The molecule has 0 aromatic heterocycles. The molecule has 1 atom stereocenters. The van der Waals surface area contributed by atoms with Crippen LogP contribution in [0.2, 0.25) is 0 Å². The Morgan fingerprint density at radius 1 is 1.07 bits per heavy atom. The third-order valence-corrected chi connectivity index (χ3v) is 7.86. The van der Waals surface area contributed by atoms with E-state index < -0.39 is 10.2 Å². The molecule has 0 unspecified atom stereocenters. The van der Waals surface area contributed by atoms with Gasteiger partial charge < -0.3 is 5.32 Å². The van der Waals surface area contributed by atoms with E-state index in [4.69, 9.17) is 0 Å². The van der Waals surface area contributed by atoms with Crippen LogP contribution in [0.15, 0.2) is 24.3 Å². The lowest BCUT2D eigenvalue weighted by atomic mass is 9.98. The van der Waals surface area contributed by atoms with Crippen LogP contribution in [0.3, 0.4) is 0 Å². The predicted octanol–water partition coefficient (Wildman–Crippen LogP) is 1.81. The van der Waals surface area contributed by atoms with Gasteiger partial charge in [-0.2, -0.15) is 17.0 Å². The van der Waals surface area contributed by atoms with Crippen molar-refractivity contribution in [3.05, 3.63) is 35.4 Å². The molecule has 7 nitrogen and oxygen atoms in total. The Balaban J connectivity index is 1.58. The van der Waals surface area contributed by atoms with E-state index >= 15 is 0 Å². The van der Waals surface area contributed by atoms with Gasteiger partial charge in [-0.3, -0.25) is 9.69 Å². The number of amides is 1. The highest BCUT2D eigenvalue weighted by molar-refractivity contribution is 7.86. The Morgan fingerprint density at radius 2 is 1.76 bits per heavy atom. The van der Waals surface area contributed by atoms with Crippen molar-refractivity contribution in [3.63, 3.8) is 0 Å². The zero-order valence-corrected chi connectivity index (χ0v) is 18.5. The quantitative estimate of drug-likeness (QED) is 0.727. The number of benzene rings is 1. The summed E-state index contributed by atoms with van der Waals surface area (Å²) in [5, 5.41) is 3.05. The third-order valence-electron chi connectivity index (χ3n) is 5.96. The largest absolute Gasteiger partial charge is 0.352 e. The highest BCUT2D eigenvalue weighted by atomic mass is 32.2. The minimum Gasteiger partial charge on any atom is -0.352 e. The minimum atomic E-state index is -3.48. The molecule has 162 valence electrons. The summed E-state index contributed by atoms with van der Waals surface area (Å²) >= 11 is 0. The molecule has 0 saturated carbocycles. The Kier molecular flexibility index (Phi) is 7.67. The summed E-state index contributed by atoms with van der Waals surface area (Å²) < 4.78 is 27.4. The van der Waals surface area contributed by atoms with Crippen LogP contribution in [0.4, 0.5) is 0 Å². The van der Waals surface area contributed by atoms with Crippen molar-refractivity contribution in [2.24, 2.45) is 5.92 Å². The van der Waals surface area contributed by atoms with Crippen molar-refractivity contribution in [3.8, 4) is 0 Å². The van der Waals surface area contributed by atoms with Crippen molar-refractivity contribution in [1.82, 2.24) is 18.8 Å². The van der Waals surface area contributed by atoms with Gasteiger partial charge in [0.1, 0.15) is 0 Å². The smallest absolute Gasteiger partial charge is 0.281 e. The Hall–Kier alpha value is -1.48. The van der Waals surface area contributed by atoms with Crippen LogP contribution in [0.1, 0.15) is 43.2 Å². The zero-order valence-electron chi connectivity index (χ0n) is 17.6. The fourth-order valence-electron chi connectivity index (χ4n) is 4.17. The fourth-order valence-corrected chi connectivity index (χ4v) is 5.36. The zero-order chi connectivity index (χ0) is 20.9. The number of hydrogen-bond donors (Lipinski definition) is 1. The van der Waals surface area contributed by atoms with E-state index in [1.807, 2.05) is 6.07 Å². The molecule has 2 heterocycles. The van der Waals surface area contributed by atoms with E-state index in [2.05, 4.69) is 28.4 Å². The first kappa shape index (κ1) is 22.2. The minimum absolute atomic E-state index is 0.0589. The summed E-state index contributed by atoms with van der Waals surface area (Å²) in [5.41, 5.74) is 2.40. The number of rotatable bonds is 7. The average Bonchev–Trinajstić information content (AvgIpc) is 2.73. The molecule has 0 aliphatic carbocycles. The number of nitrogens with zero attached hydrogens (tertiary/aromatic N) is 3. The van der Waals surface area contributed by atoms with Crippen molar-refractivity contribution < 1.29 is 13.2 Å². The van der Waals surface area contributed by atoms with E-state index in [9.17, 15) is 13.2 Å². The van der Waals surface area contributed by atoms with Crippen LogP contribution in [0, 0.1) is 5.92 Å². The predicted molar refractivity (Wildman–Crippen MR) is 114 cm³/mol. The van der Waals surface area contributed by atoms with Gasteiger partial charge in [-0.1, -0.05) is 30.7 Å². The molecule has 3 rings (SSSR count). The molecule has 0 bridgehead atoms.